The Hall–Kier alpha value is -1.69. The fraction of sp³-hybridized carbons (Fsp3) is 0.435. The van der Waals surface area contributed by atoms with E-state index in [1.165, 1.54) is 6.42 Å². The Morgan fingerprint density at radius 2 is 1.57 bits per heavy atom. The highest BCUT2D eigenvalue weighted by molar-refractivity contribution is 9.08. The van der Waals surface area contributed by atoms with Crippen molar-refractivity contribution in [2.45, 2.75) is 49.5 Å². The smallest absolute Gasteiger partial charge is 0.348 e. The average Bonchev–Trinajstić information content (AvgIpc) is 2.92. The maximum Gasteiger partial charge on any atom is 0.348 e. The summed E-state index contributed by atoms with van der Waals surface area (Å²) in [6, 6.07) is 18.9. The summed E-state index contributed by atoms with van der Waals surface area (Å²) < 4.78 is 5.94. The molecule has 0 saturated carbocycles. The van der Waals surface area contributed by atoms with Gasteiger partial charge in [-0.1, -0.05) is 83.0 Å². The van der Waals surface area contributed by atoms with Gasteiger partial charge in [-0.05, 0) is 36.8 Å². The van der Waals surface area contributed by atoms with Gasteiger partial charge in [-0.2, -0.15) is 0 Å². The van der Waals surface area contributed by atoms with Crippen LogP contribution in [0.1, 0.15) is 36.8 Å². The number of piperidine rings is 1. The van der Waals surface area contributed by atoms with E-state index in [9.17, 15) is 9.90 Å². The molecule has 3 atom stereocenters. The summed E-state index contributed by atoms with van der Waals surface area (Å²) in [6.45, 7) is 0. The molecule has 2 fully saturated rings. The van der Waals surface area contributed by atoms with Crippen LogP contribution in [0, 0.1) is 0 Å². The predicted molar refractivity (Wildman–Crippen MR) is 114 cm³/mol. The molecule has 4 rings (SSSR count). The van der Waals surface area contributed by atoms with Crippen molar-refractivity contribution in [3.05, 3.63) is 71.8 Å². The number of carbonyl (C=O) groups is 1. The van der Waals surface area contributed by atoms with E-state index in [2.05, 4.69) is 27.9 Å². The minimum Gasteiger partial charge on any atom is -0.458 e. The third-order valence-corrected chi connectivity index (χ3v) is 6.01. The van der Waals surface area contributed by atoms with Crippen LogP contribution in [-0.2, 0) is 15.1 Å². The monoisotopic (exact) mass is 445 g/mol. The van der Waals surface area contributed by atoms with Crippen LogP contribution in [0.2, 0.25) is 0 Å². The Labute approximate surface area is 175 Å². The van der Waals surface area contributed by atoms with E-state index >= 15 is 0 Å². The van der Waals surface area contributed by atoms with Gasteiger partial charge < -0.3 is 9.84 Å². The molecular formula is C23H28BrNO3. The molecule has 3 unspecified atom stereocenters. The van der Waals surface area contributed by atoms with Gasteiger partial charge in [-0.15, -0.1) is 0 Å². The summed E-state index contributed by atoms with van der Waals surface area (Å²) in [7, 11) is 2.11. The number of hydrogen-bond acceptors (Lipinski definition) is 4. The molecule has 0 aliphatic carbocycles. The Balaban J connectivity index is 0.00000109. The largest absolute Gasteiger partial charge is 0.458 e. The van der Waals surface area contributed by atoms with Crippen LogP contribution >= 0.6 is 15.9 Å². The van der Waals surface area contributed by atoms with Crippen molar-refractivity contribution in [1.29, 1.82) is 0 Å². The van der Waals surface area contributed by atoms with E-state index in [0.29, 0.717) is 17.2 Å². The Morgan fingerprint density at radius 3 is 2.07 bits per heavy atom. The predicted octanol–water partition coefficient (Wildman–Crippen LogP) is 4.10. The van der Waals surface area contributed by atoms with Crippen LogP contribution in [0.3, 0.4) is 0 Å². The van der Waals surface area contributed by atoms with Crippen LogP contribution < -0.4 is 0 Å². The normalized spacial score (nSPS) is 24.2. The van der Waals surface area contributed by atoms with Gasteiger partial charge in [0.1, 0.15) is 6.10 Å². The van der Waals surface area contributed by atoms with Crippen molar-refractivity contribution in [3.8, 4) is 0 Å². The molecule has 0 radical (unpaired) electrons. The van der Waals surface area contributed by atoms with Gasteiger partial charge in [0, 0.05) is 18.5 Å². The minimum absolute atomic E-state index is 0.154. The van der Waals surface area contributed by atoms with Crippen molar-refractivity contribution >= 4 is 21.9 Å². The van der Waals surface area contributed by atoms with Crippen molar-refractivity contribution in [3.63, 3.8) is 0 Å². The number of nitrogens with zero attached hydrogens (tertiary/aromatic N) is 1. The molecule has 0 aromatic heterocycles. The number of likely N-dealkylation sites (N-methyl/N-ethyl adjacent to an activating group) is 1. The van der Waals surface area contributed by atoms with E-state index in [0.717, 1.165) is 19.3 Å². The molecule has 5 heteroatoms. The Morgan fingerprint density at radius 1 is 1.04 bits per heavy atom. The van der Waals surface area contributed by atoms with E-state index < -0.39 is 11.6 Å². The Bertz CT molecular complexity index is 728. The van der Waals surface area contributed by atoms with E-state index in [4.69, 9.17) is 4.74 Å². The van der Waals surface area contributed by atoms with Gasteiger partial charge in [0.2, 0.25) is 5.60 Å². The maximum atomic E-state index is 13.2. The van der Waals surface area contributed by atoms with Crippen LogP contribution in [0.4, 0.5) is 0 Å². The second-order valence-corrected chi connectivity index (χ2v) is 7.44. The molecule has 0 spiro atoms. The molecular weight excluding hydrogens is 418 g/mol. The Kier molecular flexibility index (Phi) is 6.91. The highest BCUT2D eigenvalue weighted by Crippen LogP contribution is 2.38. The molecule has 2 aromatic rings. The highest BCUT2D eigenvalue weighted by Gasteiger charge is 2.48. The topological polar surface area (TPSA) is 49.8 Å². The van der Waals surface area contributed by atoms with Crippen LogP contribution in [0.25, 0.3) is 0 Å². The van der Waals surface area contributed by atoms with Crippen LogP contribution in [-0.4, -0.2) is 47.0 Å². The number of alkyl halides is 1. The highest BCUT2D eigenvalue weighted by atomic mass is 79.9. The molecule has 2 saturated heterocycles. The second-order valence-electron chi connectivity index (χ2n) is 7.44. The second kappa shape index (κ2) is 9.21. The van der Waals surface area contributed by atoms with E-state index in [1.807, 2.05) is 42.2 Å². The molecule has 150 valence electrons. The van der Waals surface area contributed by atoms with Gasteiger partial charge in [0.15, 0.2) is 0 Å². The minimum atomic E-state index is -1.79. The zero-order valence-electron chi connectivity index (χ0n) is 16.4. The van der Waals surface area contributed by atoms with Crippen molar-refractivity contribution in [2.75, 3.05) is 12.9 Å². The van der Waals surface area contributed by atoms with E-state index in [-0.39, 0.29) is 12.1 Å². The van der Waals surface area contributed by atoms with Crippen molar-refractivity contribution < 1.29 is 14.6 Å². The van der Waals surface area contributed by atoms with Gasteiger partial charge in [-0.3, -0.25) is 4.90 Å². The first kappa shape index (κ1) is 21.0. The molecule has 2 heterocycles. The summed E-state index contributed by atoms with van der Waals surface area (Å²) in [6.07, 6.45) is 4.07. The lowest BCUT2D eigenvalue weighted by Crippen LogP contribution is -2.44. The standard InChI is InChI=1S/C22H25NO3.CH3Br/c1-23-18-13-8-14-19(23)20(15-18)26-21(24)22(25,16-9-4-2-5-10-16)17-11-6-3-7-12-17;1-2/h2-7,9-12,18-20,25H,8,13-15H2,1H3;1H3. The lowest BCUT2D eigenvalue weighted by Gasteiger charge is -2.33. The van der Waals surface area contributed by atoms with Crippen molar-refractivity contribution in [2.24, 2.45) is 0 Å². The number of carbonyl (C=O) groups excluding carboxylic acids is 1. The van der Waals surface area contributed by atoms with Gasteiger partial charge >= 0.3 is 5.97 Å². The summed E-state index contributed by atoms with van der Waals surface area (Å²) in [4.78, 5) is 15.6. The number of ether oxygens (including phenoxy) is 1. The maximum absolute atomic E-state index is 13.2. The summed E-state index contributed by atoms with van der Waals surface area (Å²) in [5, 5.41) is 11.5. The summed E-state index contributed by atoms with van der Waals surface area (Å²) in [5.41, 5.74) is -0.728. The van der Waals surface area contributed by atoms with Crippen LogP contribution in [0.15, 0.2) is 60.7 Å². The summed E-state index contributed by atoms with van der Waals surface area (Å²) in [5.74, 6) is 1.23. The molecule has 0 amide bonds. The quantitative estimate of drug-likeness (QED) is 0.568. The number of halogens is 1. The number of rotatable bonds is 4. The number of hydrogen-bond donors (Lipinski definition) is 1. The first-order chi connectivity index (χ1) is 13.6. The average molecular weight is 446 g/mol. The molecule has 2 bridgehead atoms. The molecule has 2 aliphatic heterocycles. The molecule has 1 N–H and O–H groups in total. The van der Waals surface area contributed by atoms with Gasteiger partial charge in [0.05, 0.1) is 0 Å². The number of esters is 1. The number of fused-ring (bicyclic) bond motifs is 2. The third-order valence-electron chi connectivity index (χ3n) is 6.01. The molecule has 2 aromatic carbocycles. The molecule has 28 heavy (non-hydrogen) atoms. The first-order valence-electron chi connectivity index (χ1n) is 9.75. The number of benzene rings is 2. The van der Waals surface area contributed by atoms with Gasteiger partial charge in [-0.25, -0.2) is 4.79 Å². The molecule has 2 aliphatic rings. The SMILES string of the molecule is CBr.CN1C2CCCC1C(OC(=O)C(O)(c1ccccc1)c1ccccc1)C2. The lowest BCUT2D eigenvalue weighted by molar-refractivity contribution is -0.169. The van der Waals surface area contributed by atoms with E-state index in [1.54, 1.807) is 24.3 Å². The zero-order valence-corrected chi connectivity index (χ0v) is 18.0. The van der Waals surface area contributed by atoms with Gasteiger partial charge in [0.25, 0.3) is 0 Å². The zero-order chi connectivity index (χ0) is 20.1. The van der Waals surface area contributed by atoms with Crippen molar-refractivity contribution in [1.82, 2.24) is 4.90 Å². The molecule has 4 nitrogen and oxygen atoms in total. The summed E-state index contributed by atoms with van der Waals surface area (Å²) >= 11 is 2.94. The third kappa shape index (κ3) is 3.88. The van der Waals surface area contributed by atoms with Crippen LogP contribution in [0.5, 0.6) is 0 Å². The lowest BCUT2D eigenvalue weighted by atomic mass is 9.86. The fourth-order valence-electron chi connectivity index (χ4n) is 4.51. The number of aliphatic hydroxyl groups is 1. The fourth-order valence-corrected chi connectivity index (χ4v) is 4.51. The first-order valence-corrected chi connectivity index (χ1v) is 11.3.